The van der Waals surface area contributed by atoms with Gasteiger partial charge in [-0.25, -0.2) is 0 Å². The van der Waals surface area contributed by atoms with E-state index < -0.39 is 5.79 Å². The SMILES string of the molecule is CC1(C)OC[C@@H](c2ccco2)O1. The van der Waals surface area contributed by atoms with Gasteiger partial charge in [-0.05, 0) is 26.0 Å². The van der Waals surface area contributed by atoms with E-state index in [1.165, 1.54) is 0 Å². The maximum Gasteiger partial charge on any atom is 0.164 e. The van der Waals surface area contributed by atoms with Gasteiger partial charge in [0.25, 0.3) is 0 Å². The van der Waals surface area contributed by atoms with Crippen LogP contribution in [0.3, 0.4) is 0 Å². The second-order valence-electron chi connectivity index (χ2n) is 3.33. The summed E-state index contributed by atoms with van der Waals surface area (Å²) in [6, 6.07) is 3.75. The zero-order valence-electron chi connectivity index (χ0n) is 7.24. The molecule has 66 valence electrons. The minimum Gasteiger partial charge on any atom is -0.466 e. The van der Waals surface area contributed by atoms with E-state index in [9.17, 15) is 0 Å². The fraction of sp³-hybridized carbons (Fsp3) is 0.556. The Hall–Kier alpha value is -0.800. The Balaban J connectivity index is 2.10. The van der Waals surface area contributed by atoms with Gasteiger partial charge in [0.15, 0.2) is 5.79 Å². The van der Waals surface area contributed by atoms with Crippen molar-refractivity contribution in [3.8, 4) is 0 Å². The summed E-state index contributed by atoms with van der Waals surface area (Å²) >= 11 is 0. The lowest BCUT2D eigenvalue weighted by Gasteiger charge is -2.15. The van der Waals surface area contributed by atoms with Crippen molar-refractivity contribution >= 4 is 0 Å². The molecule has 0 unspecified atom stereocenters. The lowest BCUT2D eigenvalue weighted by Crippen LogP contribution is -2.19. The van der Waals surface area contributed by atoms with Gasteiger partial charge < -0.3 is 13.9 Å². The van der Waals surface area contributed by atoms with Crippen LogP contribution in [-0.4, -0.2) is 12.4 Å². The molecule has 2 rings (SSSR count). The Labute approximate surface area is 71.3 Å². The Morgan fingerprint density at radius 3 is 2.83 bits per heavy atom. The van der Waals surface area contributed by atoms with E-state index in [1.807, 2.05) is 26.0 Å². The van der Waals surface area contributed by atoms with Crippen LogP contribution in [0.25, 0.3) is 0 Å². The third-order valence-electron chi connectivity index (χ3n) is 1.87. The number of hydrogen-bond donors (Lipinski definition) is 0. The molecular formula is C9H12O3. The molecule has 3 nitrogen and oxygen atoms in total. The van der Waals surface area contributed by atoms with E-state index in [-0.39, 0.29) is 6.10 Å². The lowest BCUT2D eigenvalue weighted by molar-refractivity contribution is -0.141. The highest BCUT2D eigenvalue weighted by molar-refractivity contribution is 5.03. The highest BCUT2D eigenvalue weighted by atomic mass is 16.7. The van der Waals surface area contributed by atoms with Crippen molar-refractivity contribution in [3.05, 3.63) is 24.2 Å². The van der Waals surface area contributed by atoms with Crippen LogP contribution >= 0.6 is 0 Å². The predicted octanol–water partition coefficient (Wildman–Crippen LogP) is 2.10. The molecule has 1 saturated heterocycles. The monoisotopic (exact) mass is 168 g/mol. The van der Waals surface area contributed by atoms with Crippen LogP contribution in [0.4, 0.5) is 0 Å². The van der Waals surface area contributed by atoms with Crippen molar-refractivity contribution < 1.29 is 13.9 Å². The van der Waals surface area contributed by atoms with E-state index in [2.05, 4.69) is 0 Å². The van der Waals surface area contributed by atoms with Crippen LogP contribution in [0.1, 0.15) is 25.7 Å². The Bertz CT molecular complexity index is 251. The lowest BCUT2D eigenvalue weighted by atomic mass is 10.3. The van der Waals surface area contributed by atoms with Crippen LogP contribution in [0.5, 0.6) is 0 Å². The zero-order chi connectivity index (χ0) is 8.60. The molecule has 0 amide bonds. The molecule has 1 aliphatic rings. The van der Waals surface area contributed by atoms with Gasteiger partial charge in [-0.1, -0.05) is 0 Å². The predicted molar refractivity (Wildman–Crippen MR) is 42.6 cm³/mol. The summed E-state index contributed by atoms with van der Waals surface area (Å²) in [4.78, 5) is 0. The standard InChI is InChI=1S/C9H12O3/c1-9(2)11-6-8(12-9)7-4-3-5-10-7/h3-5,8H,6H2,1-2H3/t8-/m0/s1. The van der Waals surface area contributed by atoms with Crippen LogP contribution in [0, 0.1) is 0 Å². The fourth-order valence-corrected chi connectivity index (χ4v) is 1.30. The Morgan fingerprint density at radius 1 is 1.50 bits per heavy atom. The molecule has 0 bridgehead atoms. The highest BCUT2D eigenvalue weighted by Crippen LogP contribution is 2.32. The van der Waals surface area contributed by atoms with Gasteiger partial charge in [0.2, 0.25) is 0 Å². The minimum atomic E-state index is -0.475. The second kappa shape index (κ2) is 2.61. The summed E-state index contributed by atoms with van der Waals surface area (Å²) in [5.74, 6) is 0.359. The van der Waals surface area contributed by atoms with Crippen LogP contribution in [-0.2, 0) is 9.47 Å². The average Bonchev–Trinajstić information content (AvgIpc) is 2.55. The number of hydrogen-bond acceptors (Lipinski definition) is 3. The zero-order valence-corrected chi connectivity index (χ0v) is 7.24. The largest absolute Gasteiger partial charge is 0.466 e. The summed E-state index contributed by atoms with van der Waals surface area (Å²) in [6.07, 6.45) is 1.60. The molecule has 0 radical (unpaired) electrons. The van der Waals surface area contributed by atoms with E-state index in [4.69, 9.17) is 13.9 Å². The molecule has 1 fully saturated rings. The first-order valence-electron chi connectivity index (χ1n) is 4.02. The average molecular weight is 168 g/mol. The van der Waals surface area contributed by atoms with E-state index >= 15 is 0 Å². The van der Waals surface area contributed by atoms with Gasteiger partial charge in [-0.2, -0.15) is 0 Å². The summed E-state index contributed by atoms with van der Waals surface area (Å²) in [6.45, 7) is 4.37. The molecule has 0 spiro atoms. The number of rotatable bonds is 1. The first-order valence-corrected chi connectivity index (χ1v) is 4.02. The third kappa shape index (κ3) is 1.38. The molecule has 12 heavy (non-hydrogen) atoms. The fourth-order valence-electron chi connectivity index (χ4n) is 1.30. The summed E-state index contributed by atoms with van der Waals surface area (Å²) < 4.78 is 16.2. The van der Waals surface area contributed by atoms with Crippen molar-refractivity contribution in [2.75, 3.05) is 6.61 Å². The molecule has 0 N–H and O–H groups in total. The van der Waals surface area contributed by atoms with Crippen molar-refractivity contribution in [2.45, 2.75) is 25.7 Å². The third-order valence-corrected chi connectivity index (χ3v) is 1.87. The van der Waals surface area contributed by atoms with Gasteiger partial charge in [0.05, 0.1) is 12.9 Å². The van der Waals surface area contributed by atoms with Crippen LogP contribution < -0.4 is 0 Å². The molecule has 3 heteroatoms. The molecule has 0 saturated carbocycles. The van der Waals surface area contributed by atoms with Gasteiger partial charge in [0, 0.05) is 0 Å². The van der Waals surface area contributed by atoms with Gasteiger partial charge >= 0.3 is 0 Å². The van der Waals surface area contributed by atoms with E-state index in [0.717, 1.165) is 5.76 Å². The number of furan rings is 1. The van der Waals surface area contributed by atoms with Gasteiger partial charge in [-0.15, -0.1) is 0 Å². The molecule has 1 atom stereocenters. The second-order valence-corrected chi connectivity index (χ2v) is 3.33. The normalized spacial score (nSPS) is 27.7. The molecular weight excluding hydrogens is 156 g/mol. The summed E-state index contributed by atoms with van der Waals surface area (Å²) in [5, 5.41) is 0. The molecule has 0 aromatic carbocycles. The van der Waals surface area contributed by atoms with Crippen molar-refractivity contribution in [1.29, 1.82) is 0 Å². The molecule has 1 aromatic rings. The maximum atomic E-state index is 5.58. The molecule has 1 aliphatic heterocycles. The Kier molecular flexibility index (Phi) is 1.70. The molecule has 2 heterocycles. The van der Waals surface area contributed by atoms with E-state index in [0.29, 0.717) is 6.61 Å². The van der Waals surface area contributed by atoms with Crippen LogP contribution in [0.2, 0.25) is 0 Å². The minimum absolute atomic E-state index is 0.0463. The first-order chi connectivity index (χ1) is 5.67. The summed E-state index contributed by atoms with van der Waals surface area (Å²) in [5.41, 5.74) is 0. The van der Waals surface area contributed by atoms with Crippen molar-refractivity contribution in [2.24, 2.45) is 0 Å². The quantitative estimate of drug-likeness (QED) is 0.643. The van der Waals surface area contributed by atoms with E-state index in [1.54, 1.807) is 6.26 Å². The first kappa shape index (κ1) is 7.83. The van der Waals surface area contributed by atoms with Crippen molar-refractivity contribution in [3.63, 3.8) is 0 Å². The van der Waals surface area contributed by atoms with Gasteiger partial charge in [-0.3, -0.25) is 0 Å². The molecule has 0 aliphatic carbocycles. The van der Waals surface area contributed by atoms with Crippen LogP contribution in [0.15, 0.2) is 22.8 Å². The summed E-state index contributed by atoms with van der Waals surface area (Å²) in [7, 11) is 0. The van der Waals surface area contributed by atoms with Crippen molar-refractivity contribution in [1.82, 2.24) is 0 Å². The maximum absolute atomic E-state index is 5.58. The number of ether oxygens (including phenoxy) is 2. The Morgan fingerprint density at radius 2 is 2.33 bits per heavy atom. The smallest absolute Gasteiger partial charge is 0.164 e. The van der Waals surface area contributed by atoms with Gasteiger partial charge in [0.1, 0.15) is 11.9 Å². The highest BCUT2D eigenvalue weighted by Gasteiger charge is 2.34. The molecule has 1 aromatic heterocycles. The topological polar surface area (TPSA) is 31.6 Å².